The molecule has 2 aromatic rings. The molecule has 9 nitrogen and oxygen atoms in total. The zero-order valence-corrected chi connectivity index (χ0v) is 22.2. The van der Waals surface area contributed by atoms with E-state index >= 15 is 8.78 Å². The SMILES string of the molecule is CCOP(=O)(OCC)C(F)(F)c1ccc2sc(C(=O)N[C@H]3CCC[C@H]4CC[C@@H](C(=O)O)N4C3=O)cc2c1. The Bertz CT molecular complexity index is 1240. The highest BCUT2D eigenvalue weighted by Crippen LogP contribution is 2.67. The van der Waals surface area contributed by atoms with Crippen molar-refractivity contribution >= 4 is 46.8 Å². The summed E-state index contributed by atoms with van der Waals surface area (Å²) in [5.41, 5.74) is -4.47. The quantitative estimate of drug-likeness (QED) is 0.418. The van der Waals surface area contributed by atoms with Crippen molar-refractivity contribution in [2.45, 2.75) is 69.7 Å². The first-order chi connectivity index (χ1) is 17.5. The Labute approximate surface area is 216 Å². The minimum Gasteiger partial charge on any atom is -0.480 e. The van der Waals surface area contributed by atoms with Crippen LogP contribution in [0.15, 0.2) is 24.3 Å². The van der Waals surface area contributed by atoms with E-state index in [-0.39, 0.29) is 24.1 Å². The Kier molecular flexibility index (Phi) is 8.04. The normalized spacial score (nSPS) is 22.6. The molecule has 1 aromatic heterocycles. The number of nitrogens with one attached hydrogen (secondary N) is 1. The van der Waals surface area contributed by atoms with Crippen LogP contribution >= 0.6 is 18.9 Å². The summed E-state index contributed by atoms with van der Waals surface area (Å²) in [4.78, 5) is 39.4. The van der Waals surface area contributed by atoms with Crippen LogP contribution in [0.2, 0.25) is 0 Å². The van der Waals surface area contributed by atoms with Gasteiger partial charge in [0.1, 0.15) is 12.1 Å². The molecule has 202 valence electrons. The number of thiophene rings is 1. The van der Waals surface area contributed by atoms with Gasteiger partial charge >= 0.3 is 19.2 Å². The van der Waals surface area contributed by atoms with Crippen LogP contribution in [0.25, 0.3) is 10.1 Å². The van der Waals surface area contributed by atoms with Gasteiger partial charge in [0.25, 0.3) is 5.91 Å². The molecule has 2 aliphatic heterocycles. The van der Waals surface area contributed by atoms with E-state index in [0.717, 1.165) is 23.5 Å². The smallest absolute Gasteiger partial charge is 0.404 e. The monoisotopic (exact) mass is 558 g/mol. The first kappa shape index (κ1) is 27.6. The van der Waals surface area contributed by atoms with Crippen LogP contribution in [0.1, 0.15) is 61.2 Å². The van der Waals surface area contributed by atoms with E-state index in [0.29, 0.717) is 42.2 Å². The highest BCUT2D eigenvalue weighted by atomic mass is 32.1. The van der Waals surface area contributed by atoms with Gasteiger partial charge in [-0.1, -0.05) is 6.07 Å². The number of alkyl halides is 2. The van der Waals surface area contributed by atoms with Crippen molar-refractivity contribution in [3.05, 3.63) is 34.7 Å². The van der Waals surface area contributed by atoms with Crippen molar-refractivity contribution in [2.24, 2.45) is 0 Å². The fraction of sp³-hybridized carbons (Fsp3) is 0.542. The number of carbonyl (C=O) groups is 3. The molecule has 3 atom stereocenters. The molecule has 0 radical (unpaired) electrons. The van der Waals surface area contributed by atoms with Gasteiger partial charge < -0.3 is 24.4 Å². The van der Waals surface area contributed by atoms with Crippen LogP contribution in [0.3, 0.4) is 0 Å². The zero-order valence-electron chi connectivity index (χ0n) is 20.4. The number of halogens is 2. The molecule has 37 heavy (non-hydrogen) atoms. The third kappa shape index (κ3) is 5.16. The number of rotatable bonds is 9. The number of nitrogens with zero attached hydrogens (tertiary/aromatic N) is 1. The molecule has 13 heteroatoms. The number of fused-ring (bicyclic) bond motifs is 2. The molecule has 2 N–H and O–H groups in total. The van der Waals surface area contributed by atoms with Crippen LogP contribution in [0.4, 0.5) is 8.78 Å². The molecule has 4 rings (SSSR count). The molecule has 2 aliphatic rings. The predicted octanol–water partition coefficient (Wildman–Crippen LogP) is 4.94. The van der Waals surface area contributed by atoms with E-state index < -0.39 is 48.7 Å². The zero-order chi connectivity index (χ0) is 27.0. The number of carbonyl (C=O) groups excluding carboxylic acids is 2. The van der Waals surface area contributed by atoms with Gasteiger partial charge in [-0.15, -0.1) is 11.3 Å². The Morgan fingerprint density at radius 3 is 2.51 bits per heavy atom. The average Bonchev–Trinajstić information content (AvgIpc) is 3.44. The van der Waals surface area contributed by atoms with E-state index in [2.05, 4.69) is 5.32 Å². The van der Waals surface area contributed by atoms with E-state index in [1.165, 1.54) is 30.9 Å². The third-order valence-corrected chi connectivity index (χ3v) is 9.96. The van der Waals surface area contributed by atoms with Crippen molar-refractivity contribution in [1.82, 2.24) is 10.2 Å². The minimum atomic E-state index is -4.78. The summed E-state index contributed by atoms with van der Waals surface area (Å²) >= 11 is 1.07. The molecule has 0 spiro atoms. The second-order valence-corrected chi connectivity index (χ2v) is 12.2. The van der Waals surface area contributed by atoms with E-state index in [1.54, 1.807) is 0 Å². The lowest BCUT2D eigenvalue weighted by atomic mass is 10.1. The van der Waals surface area contributed by atoms with Gasteiger partial charge in [0.15, 0.2) is 0 Å². The second kappa shape index (κ2) is 10.8. The molecule has 3 heterocycles. The standard InChI is InChI=1S/C24H29F2N2O7PS/c1-3-34-36(33,35-4-2)24(25,26)15-8-11-19-14(12-15)13-20(37-19)21(29)27-17-7-5-6-16-9-10-18(23(31)32)28(16)22(17)30/h8,11-13,16-18H,3-7,9-10H2,1-2H3,(H,27,29)(H,31,32)/t16-,17-,18-/m0/s1. The van der Waals surface area contributed by atoms with Crippen LogP contribution in [-0.2, 0) is 28.9 Å². The average molecular weight is 559 g/mol. The Morgan fingerprint density at radius 2 is 1.86 bits per heavy atom. The molecule has 2 amide bonds. The first-order valence-corrected chi connectivity index (χ1v) is 14.5. The topological polar surface area (TPSA) is 122 Å². The summed E-state index contributed by atoms with van der Waals surface area (Å²) in [5.74, 6) is -2.02. The molecular formula is C24H29F2N2O7PS. The van der Waals surface area contributed by atoms with Gasteiger partial charge in [0, 0.05) is 16.3 Å². The number of amides is 2. The molecule has 0 bridgehead atoms. The molecular weight excluding hydrogens is 529 g/mol. The van der Waals surface area contributed by atoms with Crippen LogP contribution < -0.4 is 5.32 Å². The van der Waals surface area contributed by atoms with Crippen molar-refractivity contribution in [1.29, 1.82) is 0 Å². The molecule has 0 unspecified atom stereocenters. The maximum atomic E-state index is 15.2. The van der Waals surface area contributed by atoms with Gasteiger partial charge in [-0.3, -0.25) is 14.2 Å². The summed E-state index contributed by atoms with van der Waals surface area (Å²) in [7, 11) is -4.78. The highest BCUT2D eigenvalue weighted by molar-refractivity contribution is 7.54. The van der Waals surface area contributed by atoms with Crippen LogP contribution in [-0.4, -0.2) is 59.1 Å². The predicted molar refractivity (Wildman–Crippen MR) is 133 cm³/mol. The number of benzene rings is 1. The second-order valence-electron chi connectivity index (χ2n) is 9.03. The summed E-state index contributed by atoms with van der Waals surface area (Å²) in [6.45, 7) is 2.45. The van der Waals surface area contributed by atoms with Crippen LogP contribution in [0.5, 0.6) is 0 Å². The summed E-state index contributed by atoms with van der Waals surface area (Å²) in [6, 6.07) is 3.20. The van der Waals surface area contributed by atoms with Gasteiger partial charge in [-0.05, 0) is 69.5 Å². The van der Waals surface area contributed by atoms with Crippen molar-refractivity contribution in [2.75, 3.05) is 13.2 Å². The fourth-order valence-electron chi connectivity index (χ4n) is 5.01. The lowest BCUT2D eigenvalue weighted by Gasteiger charge is -2.29. The molecule has 1 aromatic carbocycles. The van der Waals surface area contributed by atoms with Gasteiger partial charge in [-0.2, -0.15) is 8.78 Å². The molecule has 2 saturated heterocycles. The molecule has 0 saturated carbocycles. The number of hydrogen-bond donors (Lipinski definition) is 2. The van der Waals surface area contributed by atoms with Crippen molar-refractivity contribution in [3.8, 4) is 0 Å². The maximum Gasteiger partial charge on any atom is 0.404 e. The maximum absolute atomic E-state index is 15.2. The van der Waals surface area contributed by atoms with Crippen molar-refractivity contribution < 1.29 is 41.9 Å². The third-order valence-electron chi connectivity index (χ3n) is 6.71. The van der Waals surface area contributed by atoms with E-state index in [1.807, 2.05) is 0 Å². The lowest BCUT2D eigenvalue weighted by Crippen LogP contribution is -2.52. The number of carboxylic acid groups (broad SMARTS) is 1. The highest BCUT2D eigenvalue weighted by Gasteiger charge is 2.54. The lowest BCUT2D eigenvalue weighted by molar-refractivity contribution is -0.150. The molecule has 0 aliphatic carbocycles. The Balaban J connectivity index is 1.56. The summed E-state index contributed by atoms with van der Waals surface area (Å²) < 4.78 is 53.4. The number of hydrogen-bond acceptors (Lipinski definition) is 7. The largest absolute Gasteiger partial charge is 0.480 e. The van der Waals surface area contributed by atoms with Crippen LogP contribution in [0, 0.1) is 0 Å². The fourth-order valence-corrected chi connectivity index (χ4v) is 7.49. The number of aliphatic carboxylic acids is 1. The summed E-state index contributed by atoms with van der Waals surface area (Å²) in [6.07, 6.45) is 2.72. The van der Waals surface area contributed by atoms with E-state index in [9.17, 15) is 24.1 Å². The Morgan fingerprint density at radius 1 is 1.16 bits per heavy atom. The Hall–Kier alpha value is -2.40. The first-order valence-electron chi connectivity index (χ1n) is 12.2. The van der Waals surface area contributed by atoms with Gasteiger partial charge in [0.2, 0.25) is 5.91 Å². The van der Waals surface area contributed by atoms with Gasteiger partial charge in [-0.25, -0.2) is 4.79 Å². The van der Waals surface area contributed by atoms with Gasteiger partial charge in [0.05, 0.1) is 18.1 Å². The summed E-state index contributed by atoms with van der Waals surface area (Å²) in [5, 5.41) is 12.6. The minimum absolute atomic E-state index is 0.149. The van der Waals surface area contributed by atoms with E-state index in [4.69, 9.17) is 9.05 Å². The number of carboxylic acids is 1. The van der Waals surface area contributed by atoms with Crippen molar-refractivity contribution in [3.63, 3.8) is 0 Å². The molecule has 2 fully saturated rings.